The van der Waals surface area contributed by atoms with E-state index in [-0.39, 0.29) is 11.4 Å². The number of nitrogens with zero attached hydrogens (tertiary/aromatic N) is 4. The summed E-state index contributed by atoms with van der Waals surface area (Å²) in [5.41, 5.74) is 0.640. The van der Waals surface area contributed by atoms with Crippen LogP contribution in [-0.2, 0) is 0 Å². The molecule has 8 nitrogen and oxygen atoms in total. The van der Waals surface area contributed by atoms with E-state index < -0.39 is 4.92 Å². The average Bonchev–Trinajstić information content (AvgIpc) is 2.72. The number of nitro groups is 1. The van der Waals surface area contributed by atoms with Crippen LogP contribution < -0.4 is 5.56 Å². The van der Waals surface area contributed by atoms with E-state index in [1.54, 1.807) is 26.0 Å². The fourth-order valence-electron chi connectivity index (χ4n) is 2.37. The van der Waals surface area contributed by atoms with E-state index in [1.165, 1.54) is 16.8 Å². The van der Waals surface area contributed by atoms with E-state index in [2.05, 4.69) is 15.0 Å². The lowest BCUT2D eigenvalue weighted by Crippen LogP contribution is -2.08. The molecule has 0 unspecified atom stereocenters. The number of hydrogen-bond donors (Lipinski definition) is 1. The Bertz CT molecular complexity index is 925. The smallest absolute Gasteiger partial charge is 0.352 e. The predicted molar refractivity (Wildman–Crippen MR) is 75.6 cm³/mol. The van der Waals surface area contributed by atoms with Crippen LogP contribution in [0.5, 0.6) is 0 Å². The van der Waals surface area contributed by atoms with Crippen LogP contribution in [0.3, 0.4) is 0 Å². The molecule has 3 rings (SSSR count). The van der Waals surface area contributed by atoms with Crippen molar-refractivity contribution >= 4 is 16.7 Å². The Balaban J connectivity index is 2.41. The number of aryl methyl sites for hydroxylation is 2. The number of hydrogen-bond acceptors (Lipinski definition) is 5. The molecule has 0 radical (unpaired) electrons. The van der Waals surface area contributed by atoms with Crippen LogP contribution in [-0.4, -0.2) is 24.4 Å². The molecule has 3 aromatic heterocycles. The van der Waals surface area contributed by atoms with Crippen molar-refractivity contribution in [1.82, 2.24) is 19.5 Å². The summed E-state index contributed by atoms with van der Waals surface area (Å²) in [5, 5.41) is 11.9. The summed E-state index contributed by atoms with van der Waals surface area (Å²) >= 11 is 0. The number of pyridine rings is 2. The highest BCUT2D eigenvalue weighted by Gasteiger charge is 2.26. The predicted octanol–water partition coefficient (Wildman–Crippen LogP) is 1.63. The topological polar surface area (TPSA) is 107 Å². The Kier molecular flexibility index (Phi) is 2.79. The van der Waals surface area contributed by atoms with Gasteiger partial charge in [0, 0.05) is 19.2 Å². The normalized spacial score (nSPS) is 11.0. The van der Waals surface area contributed by atoms with Gasteiger partial charge in [-0.15, -0.1) is 0 Å². The monoisotopic (exact) mass is 285 g/mol. The molecule has 21 heavy (non-hydrogen) atoms. The second-order valence-electron chi connectivity index (χ2n) is 4.58. The summed E-state index contributed by atoms with van der Waals surface area (Å²) in [6, 6.07) is 4.60. The van der Waals surface area contributed by atoms with Crippen LogP contribution in [0.15, 0.2) is 29.2 Å². The molecule has 0 aromatic carbocycles. The lowest BCUT2D eigenvalue weighted by molar-refractivity contribution is -0.391. The van der Waals surface area contributed by atoms with Crippen LogP contribution in [0.25, 0.3) is 16.7 Å². The summed E-state index contributed by atoms with van der Waals surface area (Å²) in [7, 11) is 0. The standard InChI is InChI=1S/C13H11N5O3/c1-7-13(18(20)21)17(8(2)15-7)12-9-3-4-11(19)16-10(9)5-6-14-12/h3-6H,1-2H3,(H,16,19). The molecular weight excluding hydrogens is 274 g/mol. The first kappa shape index (κ1) is 13.0. The van der Waals surface area contributed by atoms with Crippen molar-refractivity contribution in [3.05, 3.63) is 56.4 Å². The fraction of sp³-hybridized carbons (Fsp3) is 0.154. The molecule has 0 aliphatic heterocycles. The Labute approximate surface area is 118 Å². The van der Waals surface area contributed by atoms with E-state index in [4.69, 9.17) is 0 Å². The van der Waals surface area contributed by atoms with E-state index >= 15 is 0 Å². The summed E-state index contributed by atoms with van der Waals surface area (Å²) in [6.07, 6.45) is 1.49. The van der Waals surface area contributed by atoms with Crippen molar-refractivity contribution in [3.8, 4) is 5.82 Å². The first-order valence-corrected chi connectivity index (χ1v) is 6.18. The molecule has 1 N–H and O–H groups in total. The molecule has 0 atom stereocenters. The van der Waals surface area contributed by atoms with Gasteiger partial charge in [-0.3, -0.25) is 4.79 Å². The zero-order valence-corrected chi connectivity index (χ0v) is 11.3. The number of fused-ring (bicyclic) bond motifs is 1. The van der Waals surface area contributed by atoms with Gasteiger partial charge in [-0.1, -0.05) is 0 Å². The molecule has 0 fully saturated rings. The Morgan fingerprint density at radius 3 is 2.76 bits per heavy atom. The number of aromatic nitrogens is 4. The lowest BCUT2D eigenvalue weighted by Gasteiger charge is -2.05. The van der Waals surface area contributed by atoms with Gasteiger partial charge in [0.2, 0.25) is 17.2 Å². The molecule has 0 bridgehead atoms. The van der Waals surface area contributed by atoms with Crippen molar-refractivity contribution < 1.29 is 4.92 Å². The van der Waals surface area contributed by atoms with Gasteiger partial charge in [0.1, 0.15) is 5.69 Å². The number of H-pyrrole nitrogens is 1. The lowest BCUT2D eigenvalue weighted by atomic mass is 10.2. The fourth-order valence-corrected chi connectivity index (χ4v) is 2.37. The molecular formula is C13H11N5O3. The Morgan fingerprint density at radius 2 is 2.05 bits per heavy atom. The molecule has 0 aliphatic rings. The maximum atomic E-state index is 11.4. The van der Waals surface area contributed by atoms with E-state index in [1.807, 2.05) is 0 Å². The summed E-state index contributed by atoms with van der Waals surface area (Å²) in [5.74, 6) is 0.706. The van der Waals surface area contributed by atoms with Crippen molar-refractivity contribution in [2.45, 2.75) is 13.8 Å². The van der Waals surface area contributed by atoms with Crippen molar-refractivity contribution in [3.63, 3.8) is 0 Å². The van der Waals surface area contributed by atoms with Gasteiger partial charge in [0.05, 0.1) is 10.9 Å². The molecule has 106 valence electrons. The molecule has 3 heterocycles. The second-order valence-corrected chi connectivity index (χ2v) is 4.58. The highest BCUT2D eigenvalue weighted by molar-refractivity contribution is 5.85. The molecule has 0 saturated heterocycles. The largest absolute Gasteiger partial charge is 0.358 e. The summed E-state index contributed by atoms with van der Waals surface area (Å²) < 4.78 is 1.38. The van der Waals surface area contributed by atoms with E-state index in [0.717, 1.165) is 0 Å². The molecule has 0 aliphatic carbocycles. The number of imidazole rings is 1. The number of rotatable bonds is 2. The maximum Gasteiger partial charge on any atom is 0.352 e. The minimum absolute atomic E-state index is 0.126. The minimum atomic E-state index is -0.485. The van der Waals surface area contributed by atoms with Crippen LogP contribution in [0.4, 0.5) is 5.82 Å². The first-order valence-electron chi connectivity index (χ1n) is 6.18. The summed E-state index contributed by atoms with van der Waals surface area (Å²) in [6.45, 7) is 3.25. The van der Waals surface area contributed by atoms with Gasteiger partial charge in [-0.2, -0.15) is 4.57 Å². The third kappa shape index (κ3) is 1.97. The Morgan fingerprint density at radius 1 is 1.29 bits per heavy atom. The Hall–Kier alpha value is -3.03. The average molecular weight is 285 g/mol. The van der Waals surface area contributed by atoms with Crippen LogP contribution in [0.1, 0.15) is 11.5 Å². The SMILES string of the molecule is Cc1nc(C)n(-c2nccc3[nH]c(=O)ccc23)c1[N+](=O)[O-]. The van der Waals surface area contributed by atoms with Crippen LogP contribution in [0.2, 0.25) is 0 Å². The quantitative estimate of drug-likeness (QED) is 0.569. The van der Waals surface area contributed by atoms with Gasteiger partial charge in [0.25, 0.3) is 0 Å². The van der Waals surface area contributed by atoms with Crippen molar-refractivity contribution in [2.75, 3.05) is 0 Å². The van der Waals surface area contributed by atoms with Gasteiger partial charge in [-0.25, -0.2) is 9.97 Å². The van der Waals surface area contributed by atoms with Gasteiger partial charge in [-0.05, 0) is 24.0 Å². The highest BCUT2D eigenvalue weighted by Crippen LogP contribution is 2.27. The third-order valence-electron chi connectivity index (χ3n) is 3.20. The van der Waals surface area contributed by atoms with Crippen LogP contribution >= 0.6 is 0 Å². The second kappa shape index (κ2) is 4.51. The summed E-state index contributed by atoms with van der Waals surface area (Å²) in [4.78, 5) is 33.2. The minimum Gasteiger partial charge on any atom is -0.358 e. The van der Waals surface area contributed by atoms with Gasteiger partial charge < -0.3 is 15.1 Å². The van der Waals surface area contributed by atoms with E-state index in [9.17, 15) is 14.9 Å². The molecule has 0 spiro atoms. The third-order valence-corrected chi connectivity index (χ3v) is 3.20. The zero-order valence-electron chi connectivity index (χ0n) is 11.3. The molecule has 8 heteroatoms. The highest BCUT2D eigenvalue weighted by atomic mass is 16.6. The first-order chi connectivity index (χ1) is 9.99. The van der Waals surface area contributed by atoms with Crippen molar-refractivity contribution in [1.29, 1.82) is 0 Å². The van der Waals surface area contributed by atoms with Gasteiger partial charge in [0.15, 0.2) is 0 Å². The van der Waals surface area contributed by atoms with Crippen molar-refractivity contribution in [2.24, 2.45) is 0 Å². The molecule has 0 saturated carbocycles. The van der Waals surface area contributed by atoms with Gasteiger partial charge >= 0.3 is 5.82 Å². The number of nitrogens with one attached hydrogen (secondary N) is 1. The van der Waals surface area contributed by atoms with Crippen LogP contribution in [0, 0.1) is 24.0 Å². The molecule has 3 aromatic rings. The maximum absolute atomic E-state index is 11.4. The van der Waals surface area contributed by atoms with E-state index in [0.29, 0.717) is 28.2 Å². The zero-order chi connectivity index (χ0) is 15.1. The number of aromatic amines is 1. The molecule has 0 amide bonds.